The maximum atomic E-state index is 7.54. The molecule has 369 valence electrons. The van der Waals surface area contributed by atoms with Gasteiger partial charge in [0.1, 0.15) is 18.8 Å². The van der Waals surface area contributed by atoms with Crippen LogP contribution in [0, 0.1) is 0 Å². The molecule has 0 fully saturated rings. The van der Waals surface area contributed by atoms with Gasteiger partial charge in [-0.05, 0) is 164 Å². The van der Waals surface area contributed by atoms with Crippen molar-refractivity contribution in [1.82, 2.24) is 0 Å². The molecule has 0 saturated heterocycles. The Bertz CT molecular complexity index is 3980. The molecule has 0 bridgehead atoms. The van der Waals surface area contributed by atoms with Crippen molar-refractivity contribution in [3.63, 3.8) is 0 Å². The summed E-state index contributed by atoms with van der Waals surface area (Å²) in [5.74, 6) is 1.83. The van der Waals surface area contributed by atoms with E-state index in [-0.39, 0.29) is 12.6 Å². The first kappa shape index (κ1) is 47.0. The molecular weight excluding hydrogens is 944 g/mol. The van der Waals surface area contributed by atoms with E-state index in [0.29, 0.717) is 0 Å². The summed E-state index contributed by atoms with van der Waals surface area (Å²) < 4.78 is 7.54. The van der Waals surface area contributed by atoms with Gasteiger partial charge in [-0.25, -0.2) is 0 Å². The van der Waals surface area contributed by atoms with Gasteiger partial charge >= 0.3 is 0 Å². The minimum absolute atomic E-state index is 0.0913. The smallest absolute Gasteiger partial charge is 0.256 e. The molecule has 78 heavy (non-hydrogen) atoms. The monoisotopic (exact) mass is 998 g/mol. The second-order valence-corrected chi connectivity index (χ2v) is 20.6. The fraction of sp³-hybridized carbons (Fsp3) is 0.0556. The lowest BCUT2D eigenvalue weighted by Gasteiger charge is -2.41. The molecule has 0 atom stereocenters. The van der Waals surface area contributed by atoms with Gasteiger partial charge < -0.3 is 19.4 Å². The molecule has 2 aliphatic heterocycles. The molecule has 0 aromatic heterocycles. The number of nitrogens with zero attached hydrogens (tertiary/aromatic N) is 3. The maximum Gasteiger partial charge on any atom is 0.256 e. The fourth-order valence-corrected chi connectivity index (χ4v) is 12.2. The normalized spacial score (nSPS) is 12.2. The molecule has 2 heterocycles. The number of hydrogen-bond donors (Lipinski definition) is 0. The first-order valence-electron chi connectivity index (χ1n) is 27.2. The predicted octanol–water partition coefficient (Wildman–Crippen LogP) is 16.3. The summed E-state index contributed by atoms with van der Waals surface area (Å²) in [6.07, 6.45) is 1.68. The highest BCUT2D eigenvalue weighted by Gasteiger charge is 2.43. The number of rotatable bonds is 13. The van der Waals surface area contributed by atoms with Crippen LogP contribution in [0.2, 0.25) is 6.82 Å². The van der Waals surface area contributed by atoms with Crippen molar-refractivity contribution in [1.29, 1.82) is 0 Å². The minimum Gasteiger partial charge on any atom is -0.458 e. The summed E-state index contributed by atoms with van der Waals surface area (Å²) in [5.41, 5.74) is 18.3. The van der Waals surface area contributed by atoms with Crippen LogP contribution in [-0.2, 0) is 12.8 Å². The molecule has 12 aromatic carbocycles. The number of hydrogen-bond acceptors (Lipinski definition) is 4. The maximum absolute atomic E-state index is 7.54. The van der Waals surface area contributed by atoms with Crippen LogP contribution in [0.5, 0.6) is 11.5 Å². The van der Waals surface area contributed by atoms with Crippen LogP contribution < -0.4 is 41.3 Å². The third-order valence-corrected chi connectivity index (χ3v) is 15.9. The second-order valence-electron chi connectivity index (χ2n) is 20.6. The third kappa shape index (κ3) is 8.75. The van der Waals surface area contributed by atoms with Crippen LogP contribution in [0.3, 0.4) is 0 Å². The van der Waals surface area contributed by atoms with Gasteiger partial charge in [-0.1, -0.05) is 194 Å². The Morgan fingerprint density at radius 1 is 0.397 bits per heavy atom. The van der Waals surface area contributed by atoms with Crippen LogP contribution in [0.25, 0.3) is 21.5 Å². The topological polar surface area (TPSA) is 19.0 Å². The Labute approximate surface area is 458 Å². The lowest BCUT2D eigenvalue weighted by atomic mass is 9.34. The van der Waals surface area contributed by atoms with Gasteiger partial charge in [-0.3, -0.25) is 0 Å². The second kappa shape index (κ2) is 20.2. The first-order chi connectivity index (χ1) is 38.6. The molecule has 4 nitrogen and oxygen atoms in total. The highest BCUT2D eigenvalue weighted by Crippen LogP contribution is 2.47. The van der Waals surface area contributed by atoms with Gasteiger partial charge in [-0.15, -0.1) is 0 Å². The van der Waals surface area contributed by atoms with E-state index in [0.717, 1.165) is 81.0 Å². The Kier molecular flexibility index (Phi) is 12.2. The average molecular weight is 999 g/mol. The molecule has 0 unspecified atom stereocenters. The highest BCUT2D eigenvalue weighted by molar-refractivity contribution is 6.99. The van der Waals surface area contributed by atoms with Gasteiger partial charge in [0.05, 0.1) is 0 Å². The molecule has 2 aliphatic rings. The Morgan fingerprint density at radius 2 is 0.872 bits per heavy atom. The summed E-state index contributed by atoms with van der Waals surface area (Å²) in [4.78, 5) is 7.22. The zero-order valence-electron chi connectivity index (χ0n) is 43.5. The van der Waals surface area contributed by atoms with Crippen LogP contribution in [0.15, 0.2) is 279 Å². The van der Waals surface area contributed by atoms with Crippen LogP contribution in [0.4, 0.5) is 51.2 Å². The first-order valence-corrected chi connectivity index (χ1v) is 27.2. The Morgan fingerprint density at radius 3 is 1.38 bits per heavy atom. The fourth-order valence-electron chi connectivity index (χ4n) is 12.2. The number of ether oxygens (including phenoxy) is 1. The third-order valence-electron chi connectivity index (χ3n) is 15.9. The summed E-state index contributed by atoms with van der Waals surface area (Å²) in [6, 6.07) is 102. The van der Waals surface area contributed by atoms with E-state index in [1.165, 1.54) is 54.6 Å². The van der Waals surface area contributed by atoms with Crippen LogP contribution in [0.1, 0.15) is 22.6 Å². The van der Waals surface area contributed by atoms with Crippen LogP contribution >= 0.6 is 0 Å². The van der Waals surface area contributed by atoms with Gasteiger partial charge in [0, 0.05) is 57.3 Å². The average Bonchev–Trinajstić information content (AvgIpc) is 3.57. The molecule has 0 spiro atoms. The van der Waals surface area contributed by atoms with Crippen LogP contribution in [-0.4, -0.2) is 14.0 Å². The lowest BCUT2D eigenvalue weighted by Crippen LogP contribution is -2.59. The molecule has 0 amide bonds. The standard InChI is InChI=1S/C72H54B2N3O/c1-73-58-34-36-63(37-35-58)77-68-48-64(75(59-22-6-2-7-23-59)60-24-8-3-9-25-60)38-40-66(68)74-67-41-39-65(76(61-26-10-4-11-27-61)62-28-12-5-13-29-62)49-70(67)78-71-47-57(46-69(77)72(71)74)56(44-50-30-32-52-18-14-16-20-54(52)42-50)45-51-31-33-53-19-15-17-21-55(53)43-51/h2-43,46-49,56H,44-45H2,1H3. The van der Waals surface area contributed by atoms with Crippen molar-refractivity contribution in [3.05, 3.63) is 296 Å². The van der Waals surface area contributed by atoms with E-state index in [4.69, 9.17) is 4.74 Å². The number of fused-ring (bicyclic) bond motifs is 6. The van der Waals surface area contributed by atoms with Gasteiger partial charge in [-0.2, -0.15) is 0 Å². The minimum atomic E-state index is -0.131. The molecule has 6 heteroatoms. The van der Waals surface area contributed by atoms with Crippen molar-refractivity contribution in [2.45, 2.75) is 25.6 Å². The van der Waals surface area contributed by atoms with E-state index in [2.05, 4.69) is 308 Å². The largest absolute Gasteiger partial charge is 0.458 e. The van der Waals surface area contributed by atoms with Crippen molar-refractivity contribution in [2.24, 2.45) is 0 Å². The molecule has 12 aromatic rings. The molecule has 1 radical (unpaired) electrons. The number of anilines is 9. The van der Waals surface area contributed by atoms with E-state index in [1.54, 1.807) is 0 Å². The highest BCUT2D eigenvalue weighted by atomic mass is 16.5. The molecular formula is C72H54B2N3O. The quantitative estimate of drug-likeness (QED) is 0.107. The van der Waals surface area contributed by atoms with E-state index in [1.807, 2.05) is 0 Å². The molecule has 0 saturated carbocycles. The zero-order chi connectivity index (χ0) is 51.9. The molecule has 14 rings (SSSR count). The van der Waals surface area contributed by atoms with Crippen molar-refractivity contribution in [3.8, 4) is 11.5 Å². The van der Waals surface area contributed by atoms with Gasteiger partial charge in [0.2, 0.25) is 0 Å². The van der Waals surface area contributed by atoms with E-state index < -0.39 is 0 Å². The van der Waals surface area contributed by atoms with Crippen molar-refractivity contribution < 1.29 is 4.74 Å². The molecule has 0 N–H and O–H groups in total. The number of benzene rings is 12. The van der Waals surface area contributed by atoms with E-state index in [9.17, 15) is 0 Å². The lowest BCUT2D eigenvalue weighted by molar-refractivity contribution is 0.486. The summed E-state index contributed by atoms with van der Waals surface area (Å²) in [6.45, 7) is 1.97. The van der Waals surface area contributed by atoms with Gasteiger partial charge in [0.15, 0.2) is 0 Å². The summed E-state index contributed by atoms with van der Waals surface area (Å²) >= 11 is 0. The summed E-state index contributed by atoms with van der Waals surface area (Å²) in [5, 5.41) is 5.01. The zero-order valence-corrected chi connectivity index (χ0v) is 43.5. The Hall–Kier alpha value is -9.51. The van der Waals surface area contributed by atoms with Crippen molar-refractivity contribution in [2.75, 3.05) is 14.7 Å². The van der Waals surface area contributed by atoms with Gasteiger partial charge in [0.25, 0.3) is 6.71 Å². The SMILES string of the molecule is C[B]c1ccc(N2c3cc(N(c4ccccc4)c4ccccc4)ccc3B3c4ccc(N(c5ccccc5)c5ccccc5)cc4Oc4cc(C(Cc5ccc6ccccc6c5)Cc5ccc6ccccc6c5)cc2c43)cc1. The summed E-state index contributed by atoms with van der Waals surface area (Å²) in [7, 11) is 2.17. The van der Waals surface area contributed by atoms with E-state index >= 15 is 0 Å². The Balaban J connectivity index is 1.01. The predicted molar refractivity (Wildman–Crippen MR) is 331 cm³/mol. The van der Waals surface area contributed by atoms with Crippen molar-refractivity contribution >= 4 is 109 Å². The number of para-hydroxylation sites is 4. The molecule has 0 aliphatic carbocycles.